The molecule has 0 aliphatic carbocycles. The molecule has 1 heteroatoms. The van der Waals surface area contributed by atoms with E-state index in [9.17, 15) is 4.79 Å². The van der Waals surface area contributed by atoms with Gasteiger partial charge >= 0.3 is 0 Å². The van der Waals surface area contributed by atoms with Crippen LogP contribution in [0.1, 0.15) is 60.3 Å². The number of carbonyl (C=O) groups excluding carboxylic acids is 1. The second-order valence-corrected chi connectivity index (χ2v) is 5.95. The van der Waals surface area contributed by atoms with Crippen LogP contribution in [0.25, 0.3) is 0 Å². The zero-order chi connectivity index (χ0) is 10.5. The molecule has 0 N–H and O–H groups in total. The zero-order valence-corrected chi connectivity index (χ0v) is 9.81. The van der Waals surface area contributed by atoms with Crippen LogP contribution < -0.4 is 0 Å². The van der Waals surface area contributed by atoms with Crippen molar-refractivity contribution in [2.75, 3.05) is 0 Å². The fourth-order valence-corrected chi connectivity index (χ4v) is 1.42. The van der Waals surface area contributed by atoms with Gasteiger partial charge in [-0.05, 0) is 23.7 Å². The Kier molecular flexibility index (Phi) is 4.66. The van der Waals surface area contributed by atoms with Gasteiger partial charge in [0, 0.05) is 6.42 Å². The van der Waals surface area contributed by atoms with Crippen LogP contribution in [0.15, 0.2) is 0 Å². The average Bonchev–Trinajstić information content (AvgIpc) is 1.82. The zero-order valence-electron chi connectivity index (χ0n) is 9.81. The van der Waals surface area contributed by atoms with E-state index < -0.39 is 0 Å². The van der Waals surface area contributed by atoms with Crippen molar-refractivity contribution >= 4 is 6.29 Å². The van der Waals surface area contributed by atoms with Gasteiger partial charge in [-0.25, -0.2) is 0 Å². The van der Waals surface area contributed by atoms with Crippen molar-refractivity contribution in [2.24, 2.45) is 10.8 Å². The molecule has 0 unspecified atom stereocenters. The van der Waals surface area contributed by atoms with Gasteiger partial charge in [-0.3, -0.25) is 0 Å². The molecule has 78 valence electrons. The largest absolute Gasteiger partial charge is 0.303 e. The van der Waals surface area contributed by atoms with Crippen LogP contribution in [0, 0.1) is 10.8 Å². The molecule has 0 aromatic heterocycles. The highest BCUT2D eigenvalue weighted by Crippen LogP contribution is 2.30. The van der Waals surface area contributed by atoms with Gasteiger partial charge in [0.1, 0.15) is 6.29 Å². The highest BCUT2D eigenvalue weighted by atomic mass is 16.1. The maximum atomic E-state index is 10.4. The molecule has 0 saturated carbocycles. The summed E-state index contributed by atoms with van der Waals surface area (Å²) in [6, 6.07) is 0. The standard InChI is InChI=1S/C12H24O/c1-11(2,3)7-6-8-12(4,5)9-10-13/h10H,6-9H2,1-5H3. The quantitative estimate of drug-likeness (QED) is 0.594. The first-order valence-electron chi connectivity index (χ1n) is 5.20. The van der Waals surface area contributed by atoms with Gasteiger partial charge in [0.25, 0.3) is 0 Å². The van der Waals surface area contributed by atoms with Crippen molar-refractivity contribution in [2.45, 2.75) is 60.3 Å². The molecular formula is C12H24O. The van der Waals surface area contributed by atoms with Crippen LogP contribution in [0.3, 0.4) is 0 Å². The first kappa shape index (κ1) is 12.7. The summed E-state index contributed by atoms with van der Waals surface area (Å²) in [5.41, 5.74) is 0.629. The Morgan fingerprint density at radius 2 is 1.54 bits per heavy atom. The van der Waals surface area contributed by atoms with Crippen molar-refractivity contribution in [3.8, 4) is 0 Å². The molecule has 0 fully saturated rings. The topological polar surface area (TPSA) is 17.1 Å². The van der Waals surface area contributed by atoms with E-state index in [1.165, 1.54) is 12.8 Å². The molecule has 0 aliphatic heterocycles. The molecule has 0 aromatic rings. The fraction of sp³-hybridized carbons (Fsp3) is 0.917. The molecule has 0 atom stereocenters. The van der Waals surface area contributed by atoms with Crippen LogP contribution in [0.2, 0.25) is 0 Å². The number of carbonyl (C=O) groups is 1. The van der Waals surface area contributed by atoms with Gasteiger partial charge in [0.05, 0.1) is 0 Å². The smallest absolute Gasteiger partial charge is 0.120 e. The van der Waals surface area contributed by atoms with Gasteiger partial charge in [-0.15, -0.1) is 0 Å². The van der Waals surface area contributed by atoms with E-state index in [1.54, 1.807) is 0 Å². The lowest BCUT2D eigenvalue weighted by molar-refractivity contribution is -0.109. The van der Waals surface area contributed by atoms with E-state index in [1.807, 2.05) is 0 Å². The number of rotatable bonds is 5. The van der Waals surface area contributed by atoms with Crippen molar-refractivity contribution < 1.29 is 4.79 Å². The van der Waals surface area contributed by atoms with Gasteiger partial charge in [-0.2, -0.15) is 0 Å². The third kappa shape index (κ3) is 8.01. The van der Waals surface area contributed by atoms with Crippen molar-refractivity contribution in [3.63, 3.8) is 0 Å². The summed E-state index contributed by atoms with van der Waals surface area (Å²) in [5, 5.41) is 0. The summed E-state index contributed by atoms with van der Waals surface area (Å²) in [7, 11) is 0. The van der Waals surface area contributed by atoms with Gasteiger partial charge in [0.15, 0.2) is 0 Å². The summed E-state index contributed by atoms with van der Waals surface area (Å²) in [6.07, 6.45) is 5.36. The van der Waals surface area contributed by atoms with Crippen LogP contribution in [-0.2, 0) is 4.79 Å². The second-order valence-electron chi connectivity index (χ2n) is 5.95. The van der Waals surface area contributed by atoms with E-state index in [0.29, 0.717) is 11.8 Å². The maximum absolute atomic E-state index is 10.4. The molecule has 0 saturated heterocycles. The minimum absolute atomic E-state index is 0.201. The molecule has 0 aliphatic rings. The first-order valence-corrected chi connectivity index (χ1v) is 5.20. The molecule has 0 heterocycles. The molecule has 0 rings (SSSR count). The molecule has 1 nitrogen and oxygen atoms in total. The lowest BCUT2D eigenvalue weighted by Gasteiger charge is -2.24. The summed E-state index contributed by atoms with van der Waals surface area (Å²) in [5.74, 6) is 0. The molecule has 13 heavy (non-hydrogen) atoms. The van der Waals surface area contributed by atoms with E-state index >= 15 is 0 Å². The molecule has 0 aromatic carbocycles. The lowest BCUT2D eigenvalue weighted by Crippen LogP contribution is -2.13. The fourth-order valence-electron chi connectivity index (χ4n) is 1.42. The van der Waals surface area contributed by atoms with Crippen LogP contribution >= 0.6 is 0 Å². The predicted molar refractivity (Wildman–Crippen MR) is 57.8 cm³/mol. The van der Waals surface area contributed by atoms with Crippen molar-refractivity contribution in [1.29, 1.82) is 0 Å². The molecule has 0 amide bonds. The van der Waals surface area contributed by atoms with E-state index in [2.05, 4.69) is 34.6 Å². The van der Waals surface area contributed by atoms with Gasteiger partial charge < -0.3 is 4.79 Å². The monoisotopic (exact) mass is 184 g/mol. The Bertz CT molecular complexity index is 151. The minimum Gasteiger partial charge on any atom is -0.303 e. The number of hydrogen-bond donors (Lipinski definition) is 0. The van der Waals surface area contributed by atoms with E-state index in [-0.39, 0.29) is 5.41 Å². The third-order valence-corrected chi connectivity index (χ3v) is 2.42. The first-order chi connectivity index (χ1) is 5.77. The molecule has 0 spiro atoms. The normalized spacial score (nSPS) is 13.0. The number of hydrogen-bond acceptors (Lipinski definition) is 1. The molecular weight excluding hydrogens is 160 g/mol. The highest BCUT2D eigenvalue weighted by Gasteiger charge is 2.18. The van der Waals surface area contributed by atoms with Gasteiger partial charge in [0.2, 0.25) is 0 Å². The lowest BCUT2D eigenvalue weighted by atomic mass is 9.81. The van der Waals surface area contributed by atoms with Crippen LogP contribution in [0.5, 0.6) is 0 Å². The third-order valence-electron chi connectivity index (χ3n) is 2.42. The van der Waals surface area contributed by atoms with Gasteiger partial charge in [-0.1, -0.05) is 41.0 Å². The van der Waals surface area contributed by atoms with Crippen molar-refractivity contribution in [1.82, 2.24) is 0 Å². The SMILES string of the molecule is CC(C)(C)CCCC(C)(C)CC=O. The summed E-state index contributed by atoms with van der Waals surface area (Å²) in [6.45, 7) is 11.1. The minimum atomic E-state index is 0.201. The van der Waals surface area contributed by atoms with Crippen LogP contribution in [0.4, 0.5) is 0 Å². The summed E-state index contributed by atoms with van der Waals surface area (Å²) < 4.78 is 0. The molecule has 0 bridgehead atoms. The van der Waals surface area contributed by atoms with E-state index in [0.717, 1.165) is 12.7 Å². The summed E-state index contributed by atoms with van der Waals surface area (Å²) in [4.78, 5) is 10.4. The Labute approximate surface area is 82.9 Å². The number of aldehydes is 1. The Hall–Kier alpha value is -0.330. The highest BCUT2D eigenvalue weighted by molar-refractivity contribution is 5.50. The predicted octanol–water partition coefficient (Wildman–Crippen LogP) is 3.82. The van der Waals surface area contributed by atoms with E-state index in [4.69, 9.17) is 0 Å². The Morgan fingerprint density at radius 3 is 1.92 bits per heavy atom. The van der Waals surface area contributed by atoms with Crippen LogP contribution in [-0.4, -0.2) is 6.29 Å². The maximum Gasteiger partial charge on any atom is 0.120 e. The molecule has 0 radical (unpaired) electrons. The average molecular weight is 184 g/mol. The Balaban J connectivity index is 3.69. The second kappa shape index (κ2) is 4.78. The van der Waals surface area contributed by atoms with Crippen molar-refractivity contribution in [3.05, 3.63) is 0 Å². The summed E-state index contributed by atoms with van der Waals surface area (Å²) >= 11 is 0. The Morgan fingerprint density at radius 1 is 1.00 bits per heavy atom.